The molecule has 29 nitrogen and oxygen atoms in total. The van der Waals surface area contributed by atoms with Crippen LogP contribution in [0.2, 0.25) is 0 Å². The summed E-state index contributed by atoms with van der Waals surface area (Å²) >= 11 is 0. The number of nitrogens with zero attached hydrogens (tertiary/aromatic N) is 11. The zero-order chi connectivity index (χ0) is 63.3. The lowest BCUT2D eigenvalue weighted by atomic mass is 9.81. The van der Waals surface area contributed by atoms with E-state index in [2.05, 4.69) is 57.5 Å². The van der Waals surface area contributed by atoms with Gasteiger partial charge in [0.1, 0.15) is 17.1 Å². The number of aromatic nitrogens is 10. The van der Waals surface area contributed by atoms with Crippen molar-refractivity contribution in [1.29, 1.82) is 0 Å². The van der Waals surface area contributed by atoms with Gasteiger partial charge in [-0.3, -0.25) is 47.9 Å². The zero-order valence-electron chi connectivity index (χ0n) is 49.5. The molecule has 7 aromatic heterocycles. The summed E-state index contributed by atoms with van der Waals surface area (Å²) in [5, 5.41) is 21.6. The van der Waals surface area contributed by atoms with Crippen LogP contribution < -0.4 is 42.5 Å². The Morgan fingerprint density at radius 3 is 1.57 bits per heavy atom. The fourth-order valence-electron chi connectivity index (χ4n) is 11.3. The van der Waals surface area contributed by atoms with Gasteiger partial charge in [0.25, 0.3) is 41.4 Å². The Morgan fingerprint density at radius 2 is 1.02 bits per heavy atom. The van der Waals surface area contributed by atoms with Crippen LogP contribution in [-0.2, 0) is 69.1 Å². The van der Waals surface area contributed by atoms with Crippen molar-refractivity contribution < 1.29 is 47.9 Å². The molecule has 29 heteroatoms. The summed E-state index contributed by atoms with van der Waals surface area (Å²) in [6, 6.07) is 13.8. The summed E-state index contributed by atoms with van der Waals surface area (Å²) in [6.07, 6.45) is 16.6. The third-order valence-corrected chi connectivity index (χ3v) is 15.6. The van der Waals surface area contributed by atoms with E-state index >= 15 is 0 Å². The Labute approximate surface area is 506 Å². The first-order valence-electron chi connectivity index (χ1n) is 28.0. The van der Waals surface area contributed by atoms with Crippen molar-refractivity contribution in [3.63, 3.8) is 0 Å². The highest BCUT2D eigenvalue weighted by atomic mass is 16.2. The molecule has 0 radical (unpaired) electrons. The quantitative estimate of drug-likeness (QED) is 0.0409. The minimum Gasteiger partial charge on any atom is -0.351 e. The van der Waals surface area contributed by atoms with Gasteiger partial charge in [-0.2, -0.15) is 0 Å². The van der Waals surface area contributed by atoms with Gasteiger partial charge < -0.3 is 79.4 Å². The number of piperidine rings is 1. The predicted octanol–water partition coefficient (Wildman–Crippen LogP) is 4.50. The van der Waals surface area contributed by atoms with Gasteiger partial charge in [0, 0.05) is 154 Å². The maximum Gasteiger partial charge on any atom is 0.292 e. The molecule has 9 amide bonds. The largest absolute Gasteiger partial charge is 0.351 e. The molecule has 3 aliphatic rings. The van der Waals surface area contributed by atoms with Crippen LogP contribution in [0.25, 0.3) is 6.08 Å². The number of likely N-dealkylation sites (tertiary alicyclic amines) is 1. The van der Waals surface area contributed by atoms with E-state index in [-0.39, 0.29) is 106 Å². The van der Waals surface area contributed by atoms with E-state index in [4.69, 9.17) is 0 Å². The Hall–Kier alpha value is -11.7. The molecule has 8 aromatic rings. The first kappa shape index (κ1) is 59.1. The predicted molar refractivity (Wildman–Crippen MR) is 325 cm³/mol. The Kier molecular flexibility index (Phi) is 15.5. The Balaban J connectivity index is 0.608. The average molecular weight is 1210 g/mol. The van der Waals surface area contributed by atoms with Crippen molar-refractivity contribution in [3.05, 3.63) is 161 Å². The summed E-state index contributed by atoms with van der Waals surface area (Å²) < 4.78 is 10.6. The van der Waals surface area contributed by atoms with Gasteiger partial charge >= 0.3 is 0 Å². The van der Waals surface area contributed by atoms with Gasteiger partial charge in [0.15, 0.2) is 23.2 Å². The number of amides is 9. The molecule has 0 bridgehead atoms. The van der Waals surface area contributed by atoms with E-state index in [1.807, 2.05) is 24.3 Å². The van der Waals surface area contributed by atoms with Gasteiger partial charge in [0.05, 0.1) is 22.7 Å². The lowest BCUT2D eigenvalue weighted by Crippen LogP contribution is -2.32. The second kappa shape index (κ2) is 23.3. The van der Waals surface area contributed by atoms with Crippen molar-refractivity contribution in [3.8, 4) is 0 Å². The molecule has 2 fully saturated rings. The molecule has 8 N–H and O–H groups in total. The zero-order valence-corrected chi connectivity index (χ0v) is 49.5. The minimum atomic E-state index is -0.633. The summed E-state index contributed by atoms with van der Waals surface area (Å²) in [5.74, 6) is -3.88. The molecule has 89 heavy (non-hydrogen) atoms. The maximum absolute atomic E-state index is 13.6. The van der Waals surface area contributed by atoms with Crippen molar-refractivity contribution in [1.82, 2.24) is 57.1 Å². The van der Waals surface area contributed by atoms with Crippen LogP contribution in [0, 0.1) is 5.92 Å². The number of carbonyl (C=O) groups is 10. The van der Waals surface area contributed by atoms with E-state index < -0.39 is 41.4 Å². The molecule has 1 aromatic carbocycles. The molecule has 456 valence electrons. The van der Waals surface area contributed by atoms with Crippen LogP contribution in [0.5, 0.6) is 0 Å². The first-order chi connectivity index (χ1) is 42.4. The van der Waals surface area contributed by atoms with Gasteiger partial charge in [-0.05, 0) is 54.7 Å². The second-order valence-corrected chi connectivity index (χ2v) is 22.1. The number of anilines is 7. The lowest BCUT2D eigenvalue weighted by molar-refractivity contribution is -0.124. The summed E-state index contributed by atoms with van der Waals surface area (Å²) in [7, 11) is 11.4. The molecule has 8 heterocycles. The highest BCUT2D eigenvalue weighted by Crippen LogP contribution is 2.66. The lowest BCUT2D eigenvalue weighted by Gasteiger charge is -2.28. The second-order valence-electron chi connectivity index (χ2n) is 22.1. The minimum absolute atomic E-state index is 0.00290. The number of ketones is 1. The molecule has 2 atom stereocenters. The average Bonchev–Trinajstić information content (AvgIpc) is 1.51. The van der Waals surface area contributed by atoms with E-state index in [9.17, 15) is 47.9 Å². The maximum atomic E-state index is 13.6. The van der Waals surface area contributed by atoms with Crippen LogP contribution in [0.4, 0.5) is 40.2 Å². The summed E-state index contributed by atoms with van der Waals surface area (Å²) in [4.78, 5) is 145. The van der Waals surface area contributed by atoms with Crippen molar-refractivity contribution in [2.45, 2.75) is 31.6 Å². The normalized spacial score (nSPS) is 15.4. The number of rotatable bonds is 19. The summed E-state index contributed by atoms with van der Waals surface area (Å²) in [5.41, 5.74) is 4.79. The van der Waals surface area contributed by atoms with E-state index in [0.717, 1.165) is 17.7 Å². The fraction of sp³-hybridized carbons (Fsp3) is 0.250. The molecule has 1 aliphatic heterocycles. The number of aryl methyl sites for hydroxylation is 7. The SMILES string of the molecule is CC(=O)Nc1cn(C)c(C(=O)Nc2cn(C)c(C(=O)Nc3cc(C(=O)Nc4cc(C(=O)NCCCC(=O)Nc5cn(C)c(C(=O)Nc6cc(C(=O)Nc7cc(/C=C/C(=O)N8C[C@H]9C[C@@]9%10C8=CC(=O)c8ccccc8%10)n(C)c7)n(C)c6)n5)n(C)c4)n(C)c3)n2)n1. The third kappa shape index (κ3) is 11.9. The molecular weight excluding hydrogens is 1150 g/mol. The van der Waals surface area contributed by atoms with E-state index in [1.165, 1.54) is 78.8 Å². The summed E-state index contributed by atoms with van der Waals surface area (Å²) in [6.45, 7) is 1.97. The van der Waals surface area contributed by atoms with Gasteiger partial charge in [-0.25, -0.2) is 15.0 Å². The van der Waals surface area contributed by atoms with Crippen molar-refractivity contribution >= 4 is 105 Å². The smallest absolute Gasteiger partial charge is 0.292 e. The van der Waals surface area contributed by atoms with E-state index in [1.54, 1.807) is 100 Å². The van der Waals surface area contributed by atoms with Crippen molar-refractivity contribution in [2.75, 3.05) is 50.3 Å². The number of fused-ring (bicyclic) bond motifs is 1. The van der Waals surface area contributed by atoms with Crippen LogP contribution in [-0.4, -0.2) is 124 Å². The Bertz CT molecular complexity index is 4380. The number of imidazole rings is 3. The highest BCUT2D eigenvalue weighted by molar-refractivity contribution is 6.11. The first-order valence-corrected chi connectivity index (χ1v) is 28.0. The monoisotopic (exact) mass is 1210 g/mol. The number of benzene rings is 1. The number of carbonyl (C=O) groups excluding carboxylic acids is 10. The molecular formula is C60H61N19O10. The van der Waals surface area contributed by atoms with Crippen LogP contribution >= 0.6 is 0 Å². The molecule has 1 spiro atoms. The number of allylic oxidation sites excluding steroid dienone is 2. The van der Waals surface area contributed by atoms with Crippen LogP contribution in [0.1, 0.15) is 111 Å². The number of nitrogens with one attached hydrogen (secondary N) is 8. The molecule has 11 rings (SSSR count). The van der Waals surface area contributed by atoms with Gasteiger partial charge in [0.2, 0.25) is 29.3 Å². The third-order valence-electron chi connectivity index (χ3n) is 15.6. The topological polar surface area (TPSA) is 343 Å². The number of hydrogen-bond donors (Lipinski definition) is 8. The molecule has 1 saturated heterocycles. The van der Waals surface area contributed by atoms with E-state index in [0.29, 0.717) is 34.9 Å². The van der Waals surface area contributed by atoms with Gasteiger partial charge in [-0.1, -0.05) is 24.3 Å². The molecule has 0 unspecified atom stereocenters. The standard InChI is InChI=1S/C60H61N19O10/c1-32(80)62-46-29-76(6)53(68-46)59(89)71-48-31-78(8)52(70-48)58(88)66-37-21-43(75(5)28-37)56(86)64-35-19-41(73(3)26-35)54(84)61-17-11-14-49(82)67-47-30-77(7)51(69-47)57(87)65-36-20-42(74(4)27-36)55(85)63-34-18-38(72(2)25-34)15-16-50(83)79-24-33-23-60(33)40-13-10-9-12-39(40)44(81)22-45(60)79/h9-10,12-13,15-16,18-22,25-31,33H,11,14,17,23-24H2,1-8H3,(H,61,84)(H,62,80)(H,63,85)(H,64,86)(H,65,87)(H,66,88)(H,67,82)(H,71,89)/b16-15+/t33-,60-/m1/s1. The fourth-order valence-corrected chi connectivity index (χ4v) is 11.3. The van der Waals surface area contributed by atoms with Crippen LogP contribution in [0.15, 0.2) is 110 Å². The van der Waals surface area contributed by atoms with Gasteiger partial charge in [-0.15, -0.1) is 0 Å². The van der Waals surface area contributed by atoms with Crippen LogP contribution in [0.3, 0.4) is 0 Å². The number of hydrogen-bond acceptors (Lipinski definition) is 13. The Morgan fingerprint density at radius 1 is 0.551 bits per heavy atom. The highest BCUT2D eigenvalue weighted by Gasteiger charge is 2.67. The molecule has 1 saturated carbocycles. The van der Waals surface area contributed by atoms with Crippen molar-refractivity contribution in [2.24, 2.45) is 55.3 Å². The molecule has 2 aliphatic carbocycles.